The van der Waals surface area contributed by atoms with Gasteiger partial charge in [0, 0.05) is 12.0 Å². The Labute approximate surface area is 133 Å². The van der Waals surface area contributed by atoms with Crippen LogP contribution in [0.15, 0.2) is 18.2 Å². The molecular formula is C18H28N2O2. The summed E-state index contributed by atoms with van der Waals surface area (Å²) in [5, 5.41) is 3.06. The molecule has 3 unspecified atom stereocenters. The van der Waals surface area contributed by atoms with Crippen molar-refractivity contribution in [2.45, 2.75) is 58.5 Å². The summed E-state index contributed by atoms with van der Waals surface area (Å²) >= 11 is 0. The minimum Gasteiger partial charge on any atom is -0.491 e. The first-order valence-corrected chi connectivity index (χ1v) is 8.22. The molecule has 1 saturated carbocycles. The van der Waals surface area contributed by atoms with Gasteiger partial charge in [-0.2, -0.15) is 0 Å². The molecule has 1 aromatic carbocycles. The molecule has 1 amide bonds. The van der Waals surface area contributed by atoms with E-state index >= 15 is 0 Å². The third-order valence-electron chi connectivity index (χ3n) is 4.36. The summed E-state index contributed by atoms with van der Waals surface area (Å²) in [4.78, 5) is 12.3. The first kappa shape index (κ1) is 16.8. The molecule has 122 valence electrons. The molecule has 0 aliphatic heterocycles. The summed E-state index contributed by atoms with van der Waals surface area (Å²) < 4.78 is 5.90. The Hall–Kier alpha value is -1.55. The smallest absolute Gasteiger partial charge is 0.223 e. The highest BCUT2D eigenvalue weighted by Gasteiger charge is 2.26. The fourth-order valence-electron chi connectivity index (χ4n) is 3.10. The largest absolute Gasteiger partial charge is 0.491 e. The third kappa shape index (κ3) is 4.47. The maximum Gasteiger partial charge on any atom is 0.223 e. The molecule has 1 fully saturated rings. The number of benzene rings is 1. The van der Waals surface area contributed by atoms with Crippen molar-refractivity contribution in [1.82, 2.24) is 5.32 Å². The van der Waals surface area contributed by atoms with E-state index in [1.165, 1.54) is 0 Å². The highest BCUT2D eigenvalue weighted by atomic mass is 16.5. The summed E-state index contributed by atoms with van der Waals surface area (Å²) in [6.07, 6.45) is 3.84. The van der Waals surface area contributed by atoms with Crippen LogP contribution in [-0.2, 0) is 4.79 Å². The number of amides is 1. The topological polar surface area (TPSA) is 64.3 Å². The molecule has 1 aromatic rings. The lowest BCUT2D eigenvalue weighted by Crippen LogP contribution is -2.43. The molecule has 3 N–H and O–H groups in total. The van der Waals surface area contributed by atoms with Gasteiger partial charge < -0.3 is 15.8 Å². The highest BCUT2D eigenvalue weighted by Crippen LogP contribution is 2.24. The van der Waals surface area contributed by atoms with Gasteiger partial charge in [-0.15, -0.1) is 0 Å². The van der Waals surface area contributed by atoms with E-state index in [2.05, 4.69) is 5.32 Å². The molecule has 3 atom stereocenters. The van der Waals surface area contributed by atoms with Crippen LogP contribution in [0.4, 0.5) is 0 Å². The van der Waals surface area contributed by atoms with Gasteiger partial charge in [-0.05, 0) is 51.2 Å². The third-order valence-corrected chi connectivity index (χ3v) is 4.36. The van der Waals surface area contributed by atoms with Crippen molar-refractivity contribution in [3.05, 3.63) is 29.3 Å². The lowest BCUT2D eigenvalue weighted by atomic mass is 9.85. The standard InChI is InChI=1S/C18H28N2O2/c1-12-6-4-7-13(2)17(12)22-11-14(3)20-18(21)15-8-5-9-16(19)10-15/h4,6-7,14-16H,5,8-11,19H2,1-3H3,(H,20,21). The molecule has 4 heteroatoms. The van der Waals surface area contributed by atoms with Crippen LogP contribution in [0.25, 0.3) is 0 Å². The fraction of sp³-hybridized carbons (Fsp3) is 0.611. The van der Waals surface area contributed by atoms with E-state index in [0.29, 0.717) is 6.61 Å². The number of carbonyl (C=O) groups excluding carboxylic acids is 1. The number of hydrogen-bond acceptors (Lipinski definition) is 3. The normalized spacial score (nSPS) is 22.9. The minimum atomic E-state index is -0.00958. The number of nitrogens with two attached hydrogens (primary N) is 1. The molecule has 0 heterocycles. The second-order valence-electron chi connectivity index (χ2n) is 6.57. The van der Waals surface area contributed by atoms with E-state index in [0.717, 1.165) is 42.6 Å². The Kier molecular flexibility index (Phi) is 5.83. The molecule has 0 aromatic heterocycles. The van der Waals surface area contributed by atoms with Gasteiger partial charge in [0.1, 0.15) is 12.4 Å². The Morgan fingerprint density at radius 3 is 2.68 bits per heavy atom. The van der Waals surface area contributed by atoms with Crippen LogP contribution in [0.5, 0.6) is 5.75 Å². The second kappa shape index (κ2) is 7.63. The van der Waals surface area contributed by atoms with Gasteiger partial charge in [-0.3, -0.25) is 4.79 Å². The van der Waals surface area contributed by atoms with Gasteiger partial charge >= 0.3 is 0 Å². The zero-order chi connectivity index (χ0) is 16.1. The molecule has 2 rings (SSSR count). The molecule has 0 radical (unpaired) electrons. The Morgan fingerprint density at radius 1 is 1.36 bits per heavy atom. The van der Waals surface area contributed by atoms with Crippen LogP contribution in [0.2, 0.25) is 0 Å². The number of para-hydroxylation sites is 1. The van der Waals surface area contributed by atoms with E-state index in [-0.39, 0.29) is 23.9 Å². The van der Waals surface area contributed by atoms with Gasteiger partial charge in [0.2, 0.25) is 5.91 Å². The maximum atomic E-state index is 12.3. The lowest BCUT2D eigenvalue weighted by molar-refractivity contribution is -0.126. The maximum absolute atomic E-state index is 12.3. The molecule has 1 aliphatic carbocycles. The number of carbonyl (C=O) groups is 1. The predicted molar refractivity (Wildman–Crippen MR) is 88.9 cm³/mol. The molecule has 0 bridgehead atoms. The van der Waals surface area contributed by atoms with E-state index in [1.807, 2.05) is 39.0 Å². The van der Waals surface area contributed by atoms with Gasteiger partial charge in [0.05, 0.1) is 6.04 Å². The summed E-state index contributed by atoms with van der Waals surface area (Å²) in [5.41, 5.74) is 8.20. The van der Waals surface area contributed by atoms with E-state index in [4.69, 9.17) is 10.5 Å². The van der Waals surface area contributed by atoms with Crippen molar-refractivity contribution in [3.63, 3.8) is 0 Å². The van der Waals surface area contributed by atoms with Crippen LogP contribution in [-0.4, -0.2) is 24.6 Å². The zero-order valence-corrected chi connectivity index (χ0v) is 13.9. The first-order valence-electron chi connectivity index (χ1n) is 8.22. The van der Waals surface area contributed by atoms with Crippen LogP contribution in [0.1, 0.15) is 43.7 Å². The molecule has 22 heavy (non-hydrogen) atoms. The number of aryl methyl sites for hydroxylation is 2. The average Bonchev–Trinajstić information content (AvgIpc) is 2.46. The number of ether oxygens (including phenoxy) is 1. The molecule has 0 spiro atoms. The molecule has 0 saturated heterocycles. The van der Waals surface area contributed by atoms with Crippen LogP contribution < -0.4 is 15.8 Å². The highest BCUT2D eigenvalue weighted by molar-refractivity contribution is 5.79. The Morgan fingerprint density at radius 2 is 2.05 bits per heavy atom. The summed E-state index contributed by atoms with van der Waals surface area (Å²) in [7, 11) is 0. The lowest BCUT2D eigenvalue weighted by Gasteiger charge is -2.27. The van der Waals surface area contributed by atoms with Gasteiger partial charge in [-0.25, -0.2) is 0 Å². The average molecular weight is 304 g/mol. The number of nitrogens with one attached hydrogen (secondary N) is 1. The molecule has 1 aliphatic rings. The van der Waals surface area contributed by atoms with Crippen molar-refractivity contribution in [2.24, 2.45) is 11.7 Å². The van der Waals surface area contributed by atoms with Gasteiger partial charge in [0.15, 0.2) is 0 Å². The van der Waals surface area contributed by atoms with E-state index in [1.54, 1.807) is 0 Å². The Balaban J connectivity index is 1.82. The van der Waals surface area contributed by atoms with E-state index < -0.39 is 0 Å². The minimum absolute atomic E-state index is 0.00958. The van der Waals surface area contributed by atoms with Crippen LogP contribution in [0.3, 0.4) is 0 Å². The first-order chi connectivity index (χ1) is 10.5. The number of rotatable bonds is 5. The van der Waals surface area contributed by atoms with Gasteiger partial charge in [-0.1, -0.05) is 24.6 Å². The summed E-state index contributed by atoms with van der Waals surface area (Å²) in [6, 6.07) is 6.26. The Bertz CT molecular complexity index is 496. The van der Waals surface area contributed by atoms with Crippen molar-refractivity contribution in [2.75, 3.05) is 6.61 Å². The monoisotopic (exact) mass is 304 g/mol. The summed E-state index contributed by atoms with van der Waals surface area (Å²) in [5.74, 6) is 1.10. The van der Waals surface area contributed by atoms with Crippen molar-refractivity contribution in [1.29, 1.82) is 0 Å². The summed E-state index contributed by atoms with van der Waals surface area (Å²) in [6.45, 7) is 6.54. The number of hydrogen-bond donors (Lipinski definition) is 2. The molecular weight excluding hydrogens is 276 g/mol. The van der Waals surface area contributed by atoms with Crippen molar-refractivity contribution >= 4 is 5.91 Å². The van der Waals surface area contributed by atoms with Gasteiger partial charge in [0.25, 0.3) is 0 Å². The fourth-order valence-corrected chi connectivity index (χ4v) is 3.10. The SMILES string of the molecule is Cc1cccc(C)c1OCC(C)NC(=O)C1CCCC(N)C1. The van der Waals surface area contributed by atoms with Crippen molar-refractivity contribution < 1.29 is 9.53 Å². The second-order valence-corrected chi connectivity index (χ2v) is 6.57. The molecule has 4 nitrogen and oxygen atoms in total. The van der Waals surface area contributed by atoms with Crippen LogP contribution >= 0.6 is 0 Å². The quantitative estimate of drug-likeness (QED) is 0.879. The van der Waals surface area contributed by atoms with E-state index in [9.17, 15) is 4.79 Å². The zero-order valence-electron chi connectivity index (χ0n) is 13.9. The predicted octanol–water partition coefficient (Wildman–Crippen LogP) is 2.70. The van der Waals surface area contributed by atoms with Crippen LogP contribution in [0, 0.1) is 19.8 Å². The van der Waals surface area contributed by atoms with Crippen molar-refractivity contribution in [3.8, 4) is 5.75 Å².